The molecule has 0 aromatic heterocycles. The normalized spacial score (nSPS) is 19.7. The number of rotatable bonds is 8. The van der Waals surface area contributed by atoms with Gasteiger partial charge in [0.2, 0.25) is 0 Å². The number of esters is 2. The van der Waals surface area contributed by atoms with Crippen LogP contribution in [-0.2, 0) is 19.1 Å². The summed E-state index contributed by atoms with van der Waals surface area (Å²) >= 11 is 12.7. The molecule has 0 bridgehead atoms. The molecule has 0 radical (unpaired) electrons. The fourth-order valence-corrected chi connectivity index (χ4v) is 4.85. The third-order valence-corrected chi connectivity index (χ3v) is 6.96. The summed E-state index contributed by atoms with van der Waals surface area (Å²) in [6, 6.07) is 3.99. The Hall–Kier alpha value is -2.29. The van der Waals surface area contributed by atoms with Gasteiger partial charge in [0.1, 0.15) is 0 Å². The number of amides is 2. The van der Waals surface area contributed by atoms with Gasteiger partial charge < -0.3 is 14.8 Å². The Balaban J connectivity index is 1.97. The Morgan fingerprint density at radius 1 is 1.09 bits per heavy atom. The molecule has 1 aromatic rings. The van der Waals surface area contributed by atoms with Crippen LogP contribution in [0.1, 0.15) is 45.2 Å². The number of benzene rings is 1. The molecule has 1 N–H and O–H groups in total. The lowest BCUT2D eigenvalue weighted by atomic mass is 9.93. The SMILES string of the molecule is CCOC(=O)C1=C(CN2CCC(C(=O)OCC)CC2)N(CC)C(=O)NC1c1cccc(Cl)c1Cl. The largest absolute Gasteiger partial charge is 0.466 e. The topological polar surface area (TPSA) is 88.2 Å². The van der Waals surface area contributed by atoms with E-state index in [2.05, 4.69) is 10.2 Å². The van der Waals surface area contributed by atoms with Crippen molar-refractivity contribution in [3.8, 4) is 0 Å². The van der Waals surface area contributed by atoms with Gasteiger partial charge in [-0.15, -0.1) is 0 Å². The lowest BCUT2D eigenvalue weighted by Gasteiger charge is -2.39. The molecule has 10 heteroatoms. The molecule has 2 amide bonds. The summed E-state index contributed by atoms with van der Waals surface area (Å²) < 4.78 is 10.6. The zero-order valence-corrected chi connectivity index (χ0v) is 21.2. The predicted octanol–water partition coefficient (Wildman–Crippen LogP) is 4.17. The number of ether oxygens (including phenoxy) is 2. The summed E-state index contributed by atoms with van der Waals surface area (Å²) in [5, 5.41) is 3.50. The van der Waals surface area contributed by atoms with Crippen molar-refractivity contribution in [2.24, 2.45) is 5.92 Å². The minimum atomic E-state index is -0.798. The fraction of sp³-hybridized carbons (Fsp3) is 0.542. The van der Waals surface area contributed by atoms with E-state index in [9.17, 15) is 14.4 Å². The van der Waals surface area contributed by atoms with Gasteiger partial charge in [-0.2, -0.15) is 0 Å². The molecule has 2 aliphatic rings. The number of nitrogens with zero attached hydrogens (tertiary/aromatic N) is 2. The molecule has 1 saturated heterocycles. The number of halogens is 2. The maximum atomic E-state index is 13.2. The second kappa shape index (κ2) is 11.9. The Kier molecular flexibility index (Phi) is 9.22. The summed E-state index contributed by atoms with van der Waals surface area (Å²) in [4.78, 5) is 42.1. The van der Waals surface area contributed by atoms with E-state index >= 15 is 0 Å². The Bertz CT molecular complexity index is 960. The van der Waals surface area contributed by atoms with E-state index in [-0.39, 0.29) is 29.5 Å². The van der Waals surface area contributed by atoms with Crippen LogP contribution in [0.15, 0.2) is 29.5 Å². The van der Waals surface area contributed by atoms with Crippen LogP contribution in [0.5, 0.6) is 0 Å². The number of urea groups is 1. The summed E-state index contributed by atoms with van der Waals surface area (Å²) in [6.07, 6.45) is 1.31. The van der Waals surface area contributed by atoms with Crippen molar-refractivity contribution in [2.75, 3.05) is 39.4 Å². The number of likely N-dealkylation sites (N-methyl/N-ethyl adjacent to an activating group) is 1. The van der Waals surface area contributed by atoms with Gasteiger partial charge in [-0.05, 0) is 58.3 Å². The first kappa shape index (κ1) is 26.3. The first-order valence-electron chi connectivity index (χ1n) is 11.6. The molecule has 34 heavy (non-hydrogen) atoms. The molecule has 1 aromatic carbocycles. The molecule has 186 valence electrons. The van der Waals surface area contributed by atoms with Gasteiger partial charge in [-0.1, -0.05) is 35.3 Å². The van der Waals surface area contributed by atoms with Crippen LogP contribution in [0.4, 0.5) is 4.79 Å². The van der Waals surface area contributed by atoms with Gasteiger partial charge in [-0.3, -0.25) is 14.6 Å². The average molecular weight is 512 g/mol. The number of carbonyl (C=O) groups excluding carboxylic acids is 3. The number of likely N-dealkylation sites (tertiary alicyclic amines) is 1. The summed E-state index contributed by atoms with van der Waals surface area (Å²) in [5.41, 5.74) is 1.43. The highest BCUT2D eigenvalue weighted by molar-refractivity contribution is 6.42. The maximum Gasteiger partial charge on any atom is 0.338 e. The number of nitrogens with one attached hydrogen (secondary N) is 1. The van der Waals surface area contributed by atoms with Gasteiger partial charge in [0.25, 0.3) is 0 Å². The number of hydrogen-bond donors (Lipinski definition) is 1. The van der Waals surface area contributed by atoms with Gasteiger partial charge in [0, 0.05) is 18.8 Å². The first-order valence-corrected chi connectivity index (χ1v) is 12.4. The monoisotopic (exact) mass is 511 g/mol. The maximum absolute atomic E-state index is 13.2. The molecule has 0 saturated carbocycles. The lowest BCUT2D eigenvalue weighted by Crippen LogP contribution is -2.51. The Morgan fingerprint density at radius 2 is 1.76 bits per heavy atom. The highest BCUT2D eigenvalue weighted by Crippen LogP contribution is 2.38. The van der Waals surface area contributed by atoms with Crippen LogP contribution in [0.2, 0.25) is 10.0 Å². The van der Waals surface area contributed by atoms with Gasteiger partial charge in [-0.25, -0.2) is 9.59 Å². The minimum Gasteiger partial charge on any atom is -0.466 e. The van der Waals surface area contributed by atoms with Crippen LogP contribution >= 0.6 is 23.2 Å². The smallest absolute Gasteiger partial charge is 0.338 e. The van der Waals surface area contributed by atoms with E-state index in [0.29, 0.717) is 67.5 Å². The van der Waals surface area contributed by atoms with E-state index in [1.54, 1.807) is 36.9 Å². The third kappa shape index (κ3) is 5.67. The second-order valence-corrected chi connectivity index (χ2v) is 8.94. The van der Waals surface area contributed by atoms with Gasteiger partial charge in [0.05, 0.1) is 40.8 Å². The molecular formula is C24H31Cl2N3O5. The summed E-state index contributed by atoms with van der Waals surface area (Å²) in [6.45, 7) is 7.96. The molecule has 8 nitrogen and oxygen atoms in total. The molecule has 2 heterocycles. The first-order chi connectivity index (χ1) is 16.3. The fourth-order valence-electron chi connectivity index (χ4n) is 4.43. The predicted molar refractivity (Wildman–Crippen MR) is 130 cm³/mol. The van der Waals surface area contributed by atoms with E-state index in [1.165, 1.54) is 0 Å². The molecule has 3 rings (SSSR count). The number of hydrogen-bond acceptors (Lipinski definition) is 6. The van der Waals surface area contributed by atoms with Gasteiger partial charge >= 0.3 is 18.0 Å². The molecule has 2 aliphatic heterocycles. The van der Waals surface area contributed by atoms with Crippen LogP contribution in [0.25, 0.3) is 0 Å². The van der Waals surface area contributed by atoms with Crippen molar-refractivity contribution in [2.45, 2.75) is 39.7 Å². The van der Waals surface area contributed by atoms with Crippen molar-refractivity contribution in [1.29, 1.82) is 0 Å². The van der Waals surface area contributed by atoms with Crippen LogP contribution in [0.3, 0.4) is 0 Å². The van der Waals surface area contributed by atoms with Gasteiger partial charge in [0.15, 0.2) is 0 Å². The molecule has 0 spiro atoms. The van der Waals surface area contributed by atoms with Crippen molar-refractivity contribution in [3.63, 3.8) is 0 Å². The van der Waals surface area contributed by atoms with Crippen molar-refractivity contribution in [1.82, 2.24) is 15.1 Å². The number of piperidine rings is 1. The second-order valence-electron chi connectivity index (χ2n) is 8.15. The molecule has 1 unspecified atom stereocenters. The van der Waals surface area contributed by atoms with E-state index in [1.807, 2.05) is 6.92 Å². The van der Waals surface area contributed by atoms with Crippen LogP contribution in [-0.4, -0.2) is 67.2 Å². The summed E-state index contributed by atoms with van der Waals surface area (Å²) in [5.74, 6) is -0.820. The highest BCUT2D eigenvalue weighted by Gasteiger charge is 2.39. The minimum absolute atomic E-state index is 0.135. The zero-order chi connectivity index (χ0) is 24.8. The molecule has 0 aliphatic carbocycles. The van der Waals surface area contributed by atoms with Crippen LogP contribution < -0.4 is 5.32 Å². The molecule has 1 fully saturated rings. The lowest BCUT2D eigenvalue weighted by molar-refractivity contribution is -0.149. The van der Waals surface area contributed by atoms with Crippen LogP contribution in [0, 0.1) is 5.92 Å². The van der Waals surface area contributed by atoms with E-state index < -0.39 is 12.0 Å². The molecular weight excluding hydrogens is 481 g/mol. The Morgan fingerprint density at radius 3 is 2.38 bits per heavy atom. The standard InChI is InChI=1S/C24H31Cl2N3O5/c1-4-29-18(14-28-12-10-15(11-13-28)22(30)33-5-2)19(23(31)34-6-3)21(27-24(29)32)16-8-7-9-17(25)20(16)26/h7-9,15,21H,4-6,10-14H2,1-3H3,(H,27,32). The van der Waals surface area contributed by atoms with Crippen molar-refractivity contribution in [3.05, 3.63) is 45.1 Å². The zero-order valence-electron chi connectivity index (χ0n) is 19.7. The highest BCUT2D eigenvalue weighted by atomic mass is 35.5. The third-order valence-electron chi connectivity index (χ3n) is 6.12. The molecule has 1 atom stereocenters. The van der Waals surface area contributed by atoms with E-state index in [4.69, 9.17) is 32.7 Å². The summed E-state index contributed by atoms with van der Waals surface area (Å²) in [7, 11) is 0. The van der Waals surface area contributed by atoms with Crippen molar-refractivity contribution >= 4 is 41.2 Å². The van der Waals surface area contributed by atoms with Crippen molar-refractivity contribution < 1.29 is 23.9 Å². The average Bonchev–Trinajstić information content (AvgIpc) is 2.81. The Labute approximate surface area is 210 Å². The quantitative estimate of drug-likeness (QED) is 0.526. The number of carbonyl (C=O) groups is 3. The van der Waals surface area contributed by atoms with E-state index in [0.717, 1.165) is 0 Å².